The maximum Gasteiger partial charge on any atom is 0.111 e. The SMILES string of the molecule is CC(N=O)C1=C(C2CC2)[C@H]1C. The number of nitrogens with zero attached hydrogens (tertiary/aromatic N) is 1. The van der Waals surface area contributed by atoms with Crippen molar-refractivity contribution >= 4 is 0 Å². The van der Waals surface area contributed by atoms with Gasteiger partial charge in [-0.3, -0.25) is 0 Å². The molecule has 1 fully saturated rings. The van der Waals surface area contributed by atoms with Crippen LogP contribution in [0, 0.1) is 16.7 Å². The molecule has 0 radical (unpaired) electrons. The normalized spacial score (nSPS) is 32.0. The highest BCUT2D eigenvalue weighted by Crippen LogP contribution is 2.54. The molecular weight excluding hydrogens is 138 g/mol. The molecule has 11 heavy (non-hydrogen) atoms. The van der Waals surface area contributed by atoms with Crippen LogP contribution in [0.4, 0.5) is 0 Å². The van der Waals surface area contributed by atoms with E-state index in [0.29, 0.717) is 5.92 Å². The number of rotatable bonds is 3. The second-order valence-electron chi connectivity index (χ2n) is 3.69. The van der Waals surface area contributed by atoms with Gasteiger partial charge in [-0.15, -0.1) is 0 Å². The van der Waals surface area contributed by atoms with Gasteiger partial charge in [-0.2, -0.15) is 4.91 Å². The lowest BCUT2D eigenvalue weighted by molar-refractivity contribution is 0.814. The molecule has 2 aliphatic rings. The lowest BCUT2D eigenvalue weighted by Crippen LogP contribution is -1.93. The standard InChI is InChI=1S/C9H13NO/c1-5-8(6(2)10-11)9(5)7-3-4-7/h5-7H,3-4H2,1-2H3/t5-,6?/m0/s1. The van der Waals surface area contributed by atoms with Crippen molar-refractivity contribution in [3.63, 3.8) is 0 Å². The Morgan fingerprint density at radius 2 is 2.18 bits per heavy atom. The van der Waals surface area contributed by atoms with E-state index in [-0.39, 0.29) is 6.04 Å². The first kappa shape index (κ1) is 7.01. The number of allylic oxidation sites excluding steroid dienone is 1. The Morgan fingerprint density at radius 3 is 2.64 bits per heavy atom. The van der Waals surface area contributed by atoms with Crippen LogP contribution in [0.2, 0.25) is 0 Å². The quantitative estimate of drug-likeness (QED) is 0.450. The van der Waals surface area contributed by atoms with Crippen LogP contribution in [0.3, 0.4) is 0 Å². The summed E-state index contributed by atoms with van der Waals surface area (Å²) < 4.78 is 0. The van der Waals surface area contributed by atoms with E-state index < -0.39 is 0 Å². The monoisotopic (exact) mass is 151 g/mol. The van der Waals surface area contributed by atoms with E-state index in [1.54, 1.807) is 5.57 Å². The predicted octanol–water partition coefficient (Wildman–Crippen LogP) is 2.50. The van der Waals surface area contributed by atoms with Crippen LogP contribution in [0.5, 0.6) is 0 Å². The summed E-state index contributed by atoms with van der Waals surface area (Å²) in [5.74, 6) is 1.44. The van der Waals surface area contributed by atoms with E-state index >= 15 is 0 Å². The first-order valence-corrected chi connectivity index (χ1v) is 4.32. The molecule has 0 aromatic heterocycles. The van der Waals surface area contributed by atoms with Gasteiger partial charge in [-0.1, -0.05) is 17.7 Å². The molecule has 2 heteroatoms. The summed E-state index contributed by atoms with van der Waals surface area (Å²) in [7, 11) is 0. The summed E-state index contributed by atoms with van der Waals surface area (Å²) in [6.45, 7) is 4.08. The molecule has 0 bridgehead atoms. The summed E-state index contributed by atoms with van der Waals surface area (Å²) in [6.07, 6.45) is 2.68. The van der Waals surface area contributed by atoms with Crippen LogP contribution in [0.25, 0.3) is 0 Å². The smallest absolute Gasteiger partial charge is 0.111 e. The Kier molecular flexibility index (Phi) is 1.38. The van der Waals surface area contributed by atoms with Crippen molar-refractivity contribution < 1.29 is 0 Å². The van der Waals surface area contributed by atoms with Gasteiger partial charge in [0.25, 0.3) is 0 Å². The molecule has 1 saturated carbocycles. The minimum absolute atomic E-state index is 0.0550. The number of nitroso groups, excluding NO2 is 1. The first-order chi connectivity index (χ1) is 5.25. The molecule has 0 saturated heterocycles. The summed E-state index contributed by atoms with van der Waals surface area (Å²) in [4.78, 5) is 10.2. The van der Waals surface area contributed by atoms with Gasteiger partial charge >= 0.3 is 0 Å². The molecule has 0 heterocycles. The van der Waals surface area contributed by atoms with E-state index in [1.165, 1.54) is 18.4 Å². The average molecular weight is 151 g/mol. The summed E-state index contributed by atoms with van der Waals surface area (Å²) in [6, 6.07) is -0.0550. The molecule has 2 rings (SSSR count). The van der Waals surface area contributed by atoms with E-state index in [4.69, 9.17) is 0 Å². The minimum Gasteiger partial charge on any atom is -0.150 e. The van der Waals surface area contributed by atoms with Crippen molar-refractivity contribution in [3.05, 3.63) is 16.1 Å². The van der Waals surface area contributed by atoms with Gasteiger partial charge in [-0.25, -0.2) is 0 Å². The fourth-order valence-corrected chi connectivity index (χ4v) is 2.02. The zero-order valence-corrected chi connectivity index (χ0v) is 7.00. The Bertz CT molecular complexity index is 228. The number of hydrogen-bond donors (Lipinski definition) is 0. The fourth-order valence-electron chi connectivity index (χ4n) is 2.02. The lowest BCUT2D eigenvalue weighted by atomic mass is 10.2. The Labute approximate surface area is 66.7 Å². The maximum atomic E-state index is 10.2. The third-order valence-corrected chi connectivity index (χ3v) is 2.81. The van der Waals surface area contributed by atoms with Crippen LogP contribution in [0.15, 0.2) is 16.3 Å². The van der Waals surface area contributed by atoms with Gasteiger partial charge in [0.2, 0.25) is 0 Å². The van der Waals surface area contributed by atoms with E-state index in [1.807, 2.05) is 6.92 Å². The largest absolute Gasteiger partial charge is 0.150 e. The van der Waals surface area contributed by atoms with Crippen molar-refractivity contribution in [2.75, 3.05) is 0 Å². The van der Waals surface area contributed by atoms with E-state index in [0.717, 1.165) is 5.92 Å². The third kappa shape index (κ3) is 1.01. The lowest BCUT2D eigenvalue weighted by Gasteiger charge is -1.92. The number of hydrogen-bond acceptors (Lipinski definition) is 2. The van der Waals surface area contributed by atoms with Gasteiger partial charge in [-0.05, 0) is 31.3 Å². The molecular formula is C9H13NO. The third-order valence-electron chi connectivity index (χ3n) is 2.81. The fraction of sp³-hybridized carbons (Fsp3) is 0.778. The Balaban J connectivity index is 2.08. The summed E-state index contributed by atoms with van der Waals surface area (Å²) >= 11 is 0. The van der Waals surface area contributed by atoms with Crippen molar-refractivity contribution in [1.29, 1.82) is 0 Å². The van der Waals surface area contributed by atoms with Crippen LogP contribution in [-0.4, -0.2) is 6.04 Å². The molecule has 0 aliphatic heterocycles. The molecule has 0 aromatic carbocycles. The molecule has 2 aliphatic carbocycles. The van der Waals surface area contributed by atoms with Crippen LogP contribution in [0.1, 0.15) is 26.7 Å². The van der Waals surface area contributed by atoms with Crippen molar-refractivity contribution in [3.8, 4) is 0 Å². The van der Waals surface area contributed by atoms with E-state index in [2.05, 4.69) is 12.1 Å². The van der Waals surface area contributed by atoms with Gasteiger partial charge in [0, 0.05) is 5.92 Å². The summed E-state index contributed by atoms with van der Waals surface area (Å²) in [5.41, 5.74) is 2.89. The molecule has 0 aromatic rings. The Hall–Kier alpha value is -0.660. The van der Waals surface area contributed by atoms with Crippen LogP contribution in [-0.2, 0) is 0 Å². The molecule has 0 amide bonds. The van der Waals surface area contributed by atoms with Gasteiger partial charge in [0.05, 0.1) is 0 Å². The first-order valence-electron chi connectivity index (χ1n) is 4.32. The van der Waals surface area contributed by atoms with Crippen molar-refractivity contribution in [2.24, 2.45) is 17.0 Å². The van der Waals surface area contributed by atoms with Gasteiger partial charge in [0.15, 0.2) is 0 Å². The highest BCUT2D eigenvalue weighted by atomic mass is 16.3. The van der Waals surface area contributed by atoms with Crippen LogP contribution >= 0.6 is 0 Å². The summed E-state index contributed by atoms with van der Waals surface area (Å²) in [5, 5.41) is 3.05. The highest BCUT2D eigenvalue weighted by Gasteiger charge is 2.44. The van der Waals surface area contributed by atoms with Crippen molar-refractivity contribution in [1.82, 2.24) is 0 Å². The molecule has 0 N–H and O–H groups in total. The zero-order valence-electron chi connectivity index (χ0n) is 7.00. The zero-order chi connectivity index (χ0) is 8.01. The average Bonchev–Trinajstić information content (AvgIpc) is 2.81. The van der Waals surface area contributed by atoms with Gasteiger partial charge < -0.3 is 0 Å². The predicted molar refractivity (Wildman–Crippen MR) is 44.2 cm³/mol. The van der Waals surface area contributed by atoms with Crippen LogP contribution < -0.4 is 0 Å². The topological polar surface area (TPSA) is 29.4 Å². The second kappa shape index (κ2) is 2.16. The molecule has 0 spiro atoms. The van der Waals surface area contributed by atoms with Crippen molar-refractivity contribution in [2.45, 2.75) is 32.7 Å². The Morgan fingerprint density at radius 1 is 1.55 bits per heavy atom. The molecule has 2 atom stereocenters. The minimum atomic E-state index is -0.0550. The molecule has 1 unspecified atom stereocenters. The molecule has 60 valence electrons. The molecule has 2 nitrogen and oxygen atoms in total. The van der Waals surface area contributed by atoms with Gasteiger partial charge in [0.1, 0.15) is 6.04 Å². The highest BCUT2D eigenvalue weighted by molar-refractivity contribution is 5.46. The van der Waals surface area contributed by atoms with E-state index in [9.17, 15) is 4.91 Å². The maximum absolute atomic E-state index is 10.2. The second-order valence-corrected chi connectivity index (χ2v) is 3.69.